The smallest absolute Gasteiger partial charge is 0.251 e. The van der Waals surface area contributed by atoms with Crippen LogP contribution < -0.4 is 15.4 Å². The highest BCUT2D eigenvalue weighted by Gasteiger charge is 2.21. The molecule has 0 spiro atoms. The number of anilines is 1. The number of benzene rings is 2. The predicted molar refractivity (Wildman–Crippen MR) is 111 cm³/mol. The van der Waals surface area contributed by atoms with Gasteiger partial charge in [0.1, 0.15) is 18.2 Å². The van der Waals surface area contributed by atoms with E-state index in [9.17, 15) is 9.59 Å². The zero-order valence-corrected chi connectivity index (χ0v) is 16.2. The molecule has 0 saturated carbocycles. The van der Waals surface area contributed by atoms with Crippen molar-refractivity contribution in [1.82, 2.24) is 10.3 Å². The molecule has 6 nitrogen and oxygen atoms in total. The minimum Gasteiger partial charge on any atom is -0.488 e. The molecular formula is C23H21N3O3. The van der Waals surface area contributed by atoms with Crippen molar-refractivity contribution < 1.29 is 14.3 Å². The van der Waals surface area contributed by atoms with Crippen molar-refractivity contribution in [2.75, 3.05) is 5.32 Å². The molecule has 1 atom stereocenters. The van der Waals surface area contributed by atoms with Gasteiger partial charge < -0.3 is 15.4 Å². The van der Waals surface area contributed by atoms with Crippen LogP contribution in [0.5, 0.6) is 5.75 Å². The van der Waals surface area contributed by atoms with Gasteiger partial charge in [-0.25, -0.2) is 4.98 Å². The molecule has 2 aromatic carbocycles. The lowest BCUT2D eigenvalue weighted by atomic mass is 9.97. The quantitative estimate of drug-likeness (QED) is 0.707. The molecular weight excluding hydrogens is 366 g/mol. The molecule has 0 bridgehead atoms. The fourth-order valence-corrected chi connectivity index (χ4v) is 3.36. The SMILES string of the molecule is CC(=O)Nc1cc2c(cn1)COc1cc(C(=O)N[C@H](C)c3ccccc3)ccc1-2. The van der Waals surface area contributed by atoms with Gasteiger partial charge in [0.05, 0.1) is 6.04 Å². The third-order valence-electron chi connectivity index (χ3n) is 4.85. The second kappa shape index (κ2) is 7.75. The van der Waals surface area contributed by atoms with E-state index in [0.717, 1.165) is 22.3 Å². The summed E-state index contributed by atoms with van der Waals surface area (Å²) in [6, 6.07) is 16.9. The fourth-order valence-electron chi connectivity index (χ4n) is 3.36. The van der Waals surface area contributed by atoms with Crippen LogP contribution in [0.2, 0.25) is 0 Å². The number of carbonyl (C=O) groups excluding carboxylic acids is 2. The van der Waals surface area contributed by atoms with Crippen molar-refractivity contribution in [3.8, 4) is 16.9 Å². The molecule has 1 aromatic heterocycles. The second-order valence-electron chi connectivity index (χ2n) is 7.01. The van der Waals surface area contributed by atoms with E-state index in [-0.39, 0.29) is 17.9 Å². The average Bonchev–Trinajstić information content (AvgIpc) is 2.73. The van der Waals surface area contributed by atoms with Crippen LogP contribution in [0.4, 0.5) is 5.82 Å². The Hall–Kier alpha value is -3.67. The summed E-state index contributed by atoms with van der Waals surface area (Å²) < 4.78 is 5.84. The summed E-state index contributed by atoms with van der Waals surface area (Å²) in [4.78, 5) is 28.3. The van der Waals surface area contributed by atoms with Crippen molar-refractivity contribution in [1.29, 1.82) is 0 Å². The molecule has 1 aliphatic rings. The van der Waals surface area contributed by atoms with E-state index < -0.39 is 0 Å². The molecule has 2 amide bonds. The topological polar surface area (TPSA) is 80.3 Å². The van der Waals surface area contributed by atoms with Gasteiger partial charge in [-0.1, -0.05) is 30.3 Å². The normalized spacial score (nSPS) is 12.8. The first kappa shape index (κ1) is 18.7. The molecule has 0 radical (unpaired) electrons. The monoisotopic (exact) mass is 387 g/mol. The van der Waals surface area contributed by atoms with Crippen molar-refractivity contribution in [2.45, 2.75) is 26.5 Å². The molecule has 146 valence electrons. The number of carbonyl (C=O) groups is 2. The van der Waals surface area contributed by atoms with Gasteiger partial charge in [0, 0.05) is 29.8 Å². The molecule has 6 heteroatoms. The third kappa shape index (κ3) is 3.96. The standard InChI is InChI=1S/C23H21N3O3/c1-14(16-6-4-3-5-7-16)25-23(28)17-8-9-19-20-11-22(26-15(2)27)24-12-18(20)13-29-21(19)10-17/h3-12,14H,13H2,1-2H3,(H,25,28)(H,24,26,27)/t14-/m1/s1. The first-order chi connectivity index (χ1) is 14.0. The Kier molecular flexibility index (Phi) is 4.99. The Bertz CT molecular complexity index is 1080. The first-order valence-electron chi connectivity index (χ1n) is 9.41. The molecule has 0 saturated heterocycles. The van der Waals surface area contributed by atoms with Crippen LogP contribution in [0.15, 0.2) is 60.8 Å². The van der Waals surface area contributed by atoms with E-state index in [1.807, 2.05) is 49.4 Å². The lowest BCUT2D eigenvalue weighted by Crippen LogP contribution is -2.26. The zero-order valence-electron chi connectivity index (χ0n) is 16.2. The van der Waals surface area contributed by atoms with E-state index in [1.54, 1.807) is 18.3 Å². The van der Waals surface area contributed by atoms with E-state index >= 15 is 0 Å². The Morgan fingerprint density at radius 1 is 1.07 bits per heavy atom. The van der Waals surface area contributed by atoms with Crippen molar-refractivity contribution in [3.63, 3.8) is 0 Å². The largest absolute Gasteiger partial charge is 0.488 e. The molecule has 0 unspecified atom stereocenters. The number of pyridine rings is 1. The maximum absolute atomic E-state index is 12.7. The average molecular weight is 387 g/mol. The summed E-state index contributed by atoms with van der Waals surface area (Å²) in [6.07, 6.45) is 1.70. The number of ether oxygens (including phenoxy) is 1. The minimum absolute atomic E-state index is 0.104. The van der Waals surface area contributed by atoms with E-state index in [2.05, 4.69) is 15.6 Å². The Morgan fingerprint density at radius 3 is 2.62 bits per heavy atom. The van der Waals surface area contributed by atoms with E-state index in [0.29, 0.717) is 23.7 Å². The summed E-state index contributed by atoms with van der Waals surface area (Å²) in [7, 11) is 0. The lowest BCUT2D eigenvalue weighted by Gasteiger charge is -2.22. The van der Waals surface area contributed by atoms with Gasteiger partial charge in [-0.15, -0.1) is 0 Å². The molecule has 4 rings (SSSR count). The van der Waals surface area contributed by atoms with Crippen LogP contribution in [0.25, 0.3) is 11.1 Å². The van der Waals surface area contributed by atoms with Gasteiger partial charge in [-0.3, -0.25) is 9.59 Å². The Balaban J connectivity index is 1.58. The van der Waals surface area contributed by atoms with Crippen LogP contribution in [-0.2, 0) is 11.4 Å². The molecule has 29 heavy (non-hydrogen) atoms. The highest BCUT2D eigenvalue weighted by Crippen LogP contribution is 2.38. The molecule has 0 fully saturated rings. The maximum atomic E-state index is 12.7. The first-order valence-corrected chi connectivity index (χ1v) is 9.41. The third-order valence-corrected chi connectivity index (χ3v) is 4.85. The van der Waals surface area contributed by atoms with E-state index in [4.69, 9.17) is 4.74 Å². The van der Waals surface area contributed by atoms with Gasteiger partial charge in [0.15, 0.2) is 0 Å². The van der Waals surface area contributed by atoms with Crippen LogP contribution in [0.3, 0.4) is 0 Å². The van der Waals surface area contributed by atoms with Gasteiger partial charge in [-0.05, 0) is 42.3 Å². The number of aromatic nitrogens is 1. The van der Waals surface area contributed by atoms with Crippen LogP contribution in [-0.4, -0.2) is 16.8 Å². The Labute approximate surface area is 168 Å². The predicted octanol–water partition coefficient (Wildman–Crippen LogP) is 4.09. The summed E-state index contributed by atoms with van der Waals surface area (Å²) in [5.74, 6) is 0.789. The van der Waals surface area contributed by atoms with Crippen molar-refractivity contribution in [2.24, 2.45) is 0 Å². The molecule has 2 N–H and O–H groups in total. The van der Waals surface area contributed by atoms with Crippen LogP contribution >= 0.6 is 0 Å². The highest BCUT2D eigenvalue weighted by atomic mass is 16.5. The fraction of sp³-hybridized carbons (Fsp3) is 0.174. The van der Waals surface area contributed by atoms with Gasteiger partial charge in [-0.2, -0.15) is 0 Å². The second-order valence-corrected chi connectivity index (χ2v) is 7.01. The van der Waals surface area contributed by atoms with Crippen LogP contribution in [0, 0.1) is 0 Å². The van der Waals surface area contributed by atoms with Crippen molar-refractivity contribution in [3.05, 3.63) is 77.5 Å². The van der Waals surface area contributed by atoms with E-state index in [1.165, 1.54) is 6.92 Å². The lowest BCUT2D eigenvalue weighted by molar-refractivity contribution is -0.114. The molecule has 2 heterocycles. The summed E-state index contributed by atoms with van der Waals surface area (Å²) in [6.45, 7) is 3.76. The van der Waals surface area contributed by atoms with Gasteiger partial charge >= 0.3 is 0 Å². The summed E-state index contributed by atoms with van der Waals surface area (Å²) >= 11 is 0. The van der Waals surface area contributed by atoms with Crippen LogP contribution in [0.1, 0.15) is 41.4 Å². The van der Waals surface area contributed by atoms with Gasteiger partial charge in [0.25, 0.3) is 5.91 Å². The highest BCUT2D eigenvalue weighted by molar-refractivity contribution is 5.96. The minimum atomic E-state index is -0.177. The van der Waals surface area contributed by atoms with Crippen molar-refractivity contribution >= 4 is 17.6 Å². The van der Waals surface area contributed by atoms with Gasteiger partial charge in [0.2, 0.25) is 5.91 Å². The maximum Gasteiger partial charge on any atom is 0.251 e. The number of nitrogens with zero attached hydrogens (tertiary/aromatic N) is 1. The summed E-state index contributed by atoms with van der Waals surface area (Å²) in [5, 5.41) is 5.71. The molecule has 1 aliphatic heterocycles. The molecule has 0 aliphatic carbocycles. The number of hydrogen-bond donors (Lipinski definition) is 2. The Morgan fingerprint density at radius 2 is 1.86 bits per heavy atom. The number of rotatable bonds is 4. The zero-order chi connectivity index (χ0) is 20.4. The number of hydrogen-bond acceptors (Lipinski definition) is 4. The number of amides is 2. The number of nitrogens with one attached hydrogen (secondary N) is 2. The number of fused-ring (bicyclic) bond motifs is 3. The summed E-state index contributed by atoms with van der Waals surface area (Å²) in [5.41, 5.74) is 4.32. The molecule has 3 aromatic rings.